The van der Waals surface area contributed by atoms with Crippen molar-refractivity contribution in [3.05, 3.63) is 29.8 Å². The third-order valence-electron chi connectivity index (χ3n) is 2.04. The summed E-state index contributed by atoms with van der Waals surface area (Å²) in [7, 11) is 0. The van der Waals surface area contributed by atoms with E-state index in [9.17, 15) is 4.79 Å². The Morgan fingerprint density at radius 1 is 1.67 bits per heavy atom. The number of anilines is 1. The van der Waals surface area contributed by atoms with E-state index in [1.807, 2.05) is 13.0 Å². The highest BCUT2D eigenvalue weighted by Crippen LogP contribution is 2.10. The molecule has 0 aliphatic carbocycles. The predicted molar refractivity (Wildman–Crippen MR) is 58.1 cm³/mol. The second-order valence-corrected chi connectivity index (χ2v) is 3.20. The molecule has 0 aromatic heterocycles. The molecule has 4 nitrogen and oxygen atoms in total. The van der Waals surface area contributed by atoms with Gasteiger partial charge in [0.15, 0.2) is 0 Å². The molecule has 3 N–H and O–H groups in total. The highest BCUT2D eigenvalue weighted by Gasteiger charge is 2.10. The van der Waals surface area contributed by atoms with Crippen LogP contribution in [0.5, 0.6) is 0 Å². The van der Waals surface area contributed by atoms with Crippen LogP contribution in [0, 0.1) is 11.3 Å². The quantitative estimate of drug-likeness (QED) is 0.775. The Bertz CT molecular complexity index is 395. The summed E-state index contributed by atoms with van der Waals surface area (Å²) in [5.74, 6) is -0.229. The van der Waals surface area contributed by atoms with Crippen molar-refractivity contribution < 1.29 is 4.79 Å². The number of rotatable bonds is 3. The van der Waals surface area contributed by atoms with Gasteiger partial charge in [-0.3, -0.25) is 4.79 Å². The van der Waals surface area contributed by atoms with Crippen molar-refractivity contribution in [2.45, 2.75) is 19.4 Å². The van der Waals surface area contributed by atoms with E-state index in [2.05, 4.69) is 5.32 Å². The second-order valence-electron chi connectivity index (χ2n) is 3.20. The van der Waals surface area contributed by atoms with Gasteiger partial charge < -0.3 is 11.1 Å². The highest BCUT2D eigenvalue weighted by atomic mass is 16.2. The summed E-state index contributed by atoms with van der Waals surface area (Å²) in [6.07, 6.45) is 0.587. The number of hydrogen-bond donors (Lipinski definition) is 2. The molecule has 0 spiro atoms. The van der Waals surface area contributed by atoms with Crippen LogP contribution in [0.25, 0.3) is 0 Å². The fourth-order valence-corrected chi connectivity index (χ4v) is 1.09. The van der Waals surface area contributed by atoms with E-state index in [0.29, 0.717) is 17.7 Å². The molecule has 0 saturated heterocycles. The average Bonchev–Trinajstić information content (AvgIpc) is 2.28. The van der Waals surface area contributed by atoms with Crippen LogP contribution in [-0.4, -0.2) is 11.9 Å². The average molecular weight is 203 g/mol. The summed E-state index contributed by atoms with van der Waals surface area (Å²) < 4.78 is 0. The van der Waals surface area contributed by atoms with Gasteiger partial charge in [-0.05, 0) is 24.6 Å². The van der Waals surface area contributed by atoms with Gasteiger partial charge in [-0.15, -0.1) is 0 Å². The molecule has 0 bridgehead atoms. The van der Waals surface area contributed by atoms with Crippen molar-refractivity contribution in [1.82, 2.24) is 0 Å². The number of nitrogens with one attached hydrogen (secondary N) is 1. The van der Waals surface area contributed by atoms with Crippen LogP contribution < -0.4 is 11.1 Å². The summed E-state index contributed by atoms with van der Waals surface area (Å²) in [5.41, 5.74) is 6.67. The molecule has 0 heterocycles. The molecule has 15 heavy (non-hydrogen) atoms. The lowest BCUT2D eigenvalue weighted by molar-refractivity contribution is -0.117. The van der Waals surface area contributed by atoms with Gasteiger partial charge in [0.25, 0.3) is 0 Å². The van der Waals surface area contributed by atoms with E-state index in [4.69, 9.17) is 11.0 Å². The first kappa shape index (κ1) is 11.2. The van der Waals surface area contributed by atoms with Gasteiger partial charge in [-0.1, -0.05) is 13.0 Å². The number of nitrogens with two attached hydrogens (primary N) is 1. The number of carbonyl (C=O) groups is 1. The molecule has 1 amide bonds. The van der Waals surface area contributed by atoms with Crippen LogP contribution in [0.4, 0.5) is 5.69 Å². The SMILES string of the molecule is CC[C@H](N)C(=O)Nc1cccc(C#N)c1. The van der Waals surface area contributed by atoms with Crippen molar-refractivity contribution in [3.63, 3.8) is 0 Å². The minimum absolute atomic E-state index is 0.229. The first-order chi connectivity index (χ1) is 7.17. The largest absolute Gasteiger partial charge is 0.325 e. The zero-order chi connectivity index (χ0) is 11.3. The number of benzene rings is 1. The van der Waals surface area contributed by atoms with Gasteiger partial charge in [0.05, 0.1) is 17.7 Å². The van der Waals surface area contributed by atoms with E-state index >= 15 is 0 Å². The fraction of sp³-hybridized carbons (Fsp3) is 0.273. The van der Waals surface area contributed by atoms with Gasteiger partial charge >= 0.3 is 0 Å². The Labute approximate surface area is 88.7 Å². The first-order valence-electron chi connectivity index (χ1n) is 4.74. The van der Waals surface area contributed by atoms with E-state index in [1.54, 1.807) is 24.3 Å². The minimum atomic E-state index is -0.504. The molecule has 0 aliphatic heterocycles. The van der Waals surface area contributed by atoms with E-state index in [0.717, 1.165) is 0 Å². The predicted octanol–water partition coefficient (Wildman–Crippen LogP) is 1.23. The normalized spacial score (nSPS) is 11.5. The van der Waals surface area contributed by atoms with Gasteiger partial charge in [-0.2, -0.15) is 5.26 Å². The van der Waals surface area contributed by atoms with E-state index < -0.39 is 6.04 Å². The molecule has 4 heteroatoms. The maximum atomic E-state index is 11.4. The summed E-state index contributed by atoms with van der Waals surface area (Å²) in [6.45, 7) is 1.84. The number of nitriles is 1. The molecule has 0 unspecified atom stereocenters. The molecule has 0 fully saturated rings. The fourth-order valence-electron chi connectivity index (χ4n) is 1.09. The Balaban J connectivity index is 2.73. The highest BCUT2D eigenvalue weighted by molar-refractivity contribution is 5.94. The van der Waals surface area contributed by atoms with Crippen LogP contribution in [0.1, 0.15) is 18.9 Å². The van der Waals surface area contributed by atoms with Gasteiger partial charge in [0.1, 0.15) is 0 Å². The zero-order valence-corrected chi connectivity index (χ0v) is 8.53. The number of nitrogens with zero attached hydrogens (tertiary/aromatic N) is 1. The first-order valence-corrected chi connectivity index (χ1v) is 4.74. The van der Waals surface area contributed by atoms with Gasteiger partial charge in [0.2, 0.25) is 5.91 Å². The maximum absolute atomic E-state index is 11.4. The molecule has 78 valence electrons. The van der Waals surface area contributed by atoms with Gasteiger partial charge in [0, 0.05) is 5.69 Å². The zero-order valence-electron chi connectivity index (χ0n) is 8.53. The smallest absolute Gasteiger partial charge is 0.241 e. The minimum Gasteiger partial charge on any atom is -0.325 e. The topological polar surface area (TPSA) is 78.9 Å². The number of carbonyl (C=O) groups excluding carboxylic acids is 1. The lowest BCUT2D eigenvalue weighted by Gasteiger charge is -2.09. The number of amides is 1. The van der Waals surface area contributed by atoms with E-state index in [1.165, 1.54) is 0 Å². The Hall–Kier alpha value is -1.86. The van der Waals surface area contributed by atoms with Crippen LogP contribution in [0.15, 0.2) is 24.3 Å². The molecule has 0 radical (unpaired) electrons. The molecule has 1 aromatic rings. The van der Waals surface area contributed by atoms with Crippen molar-refractivity contribution in [1.29, 1.82) is 5.26 Å². The maximum Gasteiger partial charge on any atom is 0.241 e. The third kappa shape index (κ3) is 3.08. The Morgan fingerprint density at radius 3 is 3.00 bits per heavy atom. The van der Waals surface area contributed by atoms with Crippen LogP contribution in [-0.2, 0) is 4.79 Å². The summed E-state index contributed by atoms with van der Waals surface area (Å²) in [5, 5.41) is 11.3. The Kier molecular flexibility index (Phi) is 3.83. The Morgan fingerprint density at radius 2 is 2.40 bits per heavy atom. The standard InChI is InChI=1S/C11H13N3O/c1-2-10(13)11(15)14-9-5-3-4-8(6-9)7-12/h3-6,10H,2,13H2,1H3,(H,14,15)/t10-/m0/s1. The third-order valence-corrected chi connectivity index (χ3v) is 2.04. The molecule has 1 atom stereocenters. The van der Waals surface area contributed by atoms with Crippen molar-refractivity contribution in [2.24, 2.45) is 5.73 Å². The summed E-state index contributed by atoms with van der Waals surface area (Å²) in [6, 6.07) is 8.22. The van der Waals surface area contributed by atoms with Crippen molar-refractivity contribution in [2.75, 3.05) is 5.32 Å². The lowest BCUT2D eigenvalue weighted by Crippen LogP contribution is -2.34. The van der Waals surface area contributed by atoms with Crippen LogP contribution in [0.3, 0.4) is 0 Å². The number of hydrogen-bond acceptors (Lipinski definition) is 3. The van der Waals surface area contributed by atoms with E-state index in [-0.39, 0.29) is 5.91 Å². The molecule has 0 aliphatic rings. The monoisotopic (exact) mass is 203 g/mol. The lowest BCUT2D eigenvalue weighted by atomic mass is 10.2. The van der Waals surface area contributed by atoms with Gasteiger partial charge in [-0.25, -0.2) is 0 Å². The van der Waals surface area contributed by atoms with Crippen molar-refractivity contribution >= 4 is 11.6 Å². The van der Waals surface area contributed by atoms with Crippen LogP contribution >= 0.6 is 0 Å². The molecule has 1 aromatic carbocycles. The summed E-state index contributed by atoms with van der Waals surface area (Å²) >= 11 is 0. The van der Waals surface area contributed by atoms with Crippen LogP contribution in [0.2, 0.25) is 0 Å². The molecular weight excluding hydrogens is 190 g/mol. The second kappa shape index (κ2) is 5.13. The molecule has 1 rings (SSSR count). The van der Waals surface area contributed by atoms with Crippen molar-refractivity contribution in [3.8, 4) is 6.07 Å². The summed E-state index contributed by atoms with van der Waals surface area (Å²) in [4.78, 5) is 11.4. The molecule has 0 saturated carbocycles. The molecular formula is C11H13N3O.